The predicted octanol–water partition coefficient (Wildman–Crippen LogP) is 10.3. The van der Waals surface area contributed by atoms with E-state index in [-0.39, 0.29) is 33.1 Å². The van der Waals surface area contributed by atoms with Crippen molar-refractivity contribution in [1.82, 2.24) is 0 Å². The first kappa shape index (κ1) is 38.9. The molecule has 2 radical (unpaired) electrons. The Bertz CT molecular complexity index is 416. The molecule has 0 aliphatic carbocycles. The summed E-state index contributed by atoms with van der Waals surface area (Å²) >= 11 is 0.230. The van der Waals surface area contributed by atoms with Gasteiger partial charge in [-0.15, -0.1) is 0 Å². The second-order valence-electron chi connectivity index (χ2n) is 10.5. The molecule has 0 aromatic rings. The average molecular weight is 632 g/mol. The third kappa shape index (κ3) is 38.0. The van der Waals surface area contributed by atoms with Gasteiger partial charge < -0.3 is 9.47 Å². The van der Waals surface area contributed by atoms with E-state index in [0.29, 0.717) is 26.1 Å². The number of hydrogen-bond acceptors (Lipinski definition) is 4. The van der Waals surface area contributed by atoms with Gasteiger partial charge in [0.15, 0.2) is 0 Å². The Morgan fingerprint density at radius 3 is 0.973 bits per heavy atom. The Hall–Kier alpha value is -0.261. The molecule has 0 amide bonds. The second kappa shape index (κ2) is 35.7. The first-order valence-electron chi connectivity index (χ1n) is 16.0. The number of hydrogen-bond donors (Lipinski definition) is 0. The molecule has 0 aliphatic rings. The zero-order valence-electron chi connectivity index (χ0n) is 25.5. The third-order valence-electron chi connectivity index (χ3n) is 6.53. The second-order valence-corrected chi connectivity index (χ2v) is 13.4. The van der Waals surface area contributed by atoms with Crippen LogP contribution in [0.25, 0.3) is 0 Å². The minimum absolute atomic E-state index is 0.0396. The van der Waals surface area contributed by atoms with Gasteiger partial charge in [-0.05, 0) is 25.7 Å². The normalized spacial score (nSPS) is 10.6. The van der Waals surface area contributed by atoms with Crippen LogP contribution in [0.4, 0.5) is 0 Å². The Kier molecular flexibility index (Phi) is 37.6. The van der Waals surface area contributed by atoms with E-state index in [4.69, 9.17) is 9.47 Å². The number of carbonyl (C=O) groups is 2. The zero-order chi connectivity index (χ0) is 27.7. The van der Waals surface area contributed by atoms with Crippen LogP contribution >= 0.6 is 0 Å². The van der Waals surface area contributed by atoms with Crippen molar-refractivity contribution in [3.63, 3.8) is 0 Å². The van der Waals surface area contributed by atoms with E-state index < -0.39 is 0 Å². The summed E-state index contributed by atoms with van der Waals surface area (Å²) in [4.78, 5) is 28.2. The van der Waals surface area contributed by atoms with Crippen molar-refractivity contribution in [2.75, 3.05) is 13.2 Å². The first-order valence-corrected chi connectivity index (χ1v) is 21.7. The van der Waals surface area contributed by atoms with Crippen LogP contribution in [0.1, 0.15) is 168 Å². The van der Waals surface area contributed by atoms with Crippen LogP contribution in [0.15, 0.2) is 0 Å². The van der Waals surface area contributed by atoms with Crippen LogP contribution < -0.4 is 0 Å². The molecule has 0 aromatic heterocycles. The van der Waals surface area contributed by atoms with Gasteiger partial charge >= 0.3 is 43.0 Å². The van der Waals surface area contributed by atoms with Gasteiger partial charge in [0.2, 0.25) is 0 Å². The fourth-order valence-corrected chi connectivity index (χ4v) is 4.23. The molecule has 5 heteroatoms. The molecule has 0 bridgehead atoms. The van der Waals surface area contributed by atoms with Gasteiger partial charge in [0.05, 0.1) is 13.2 Å². The molecule has 0 spiro atoms. The molecule has 0 fully saturated rings. The predicted molar refractivity (Wildman–Crippen MR) is 162 cm³/mol. The summed E-state index contributed by atoms with van der Waals surface area (Å²) < 4.78 is 10.7. The molecule has 0 heterocycles. The number of carbonyl (C=O) groups excluding carboxylic acids is 2. The molecule has 4 nitrogen and oxygen atoms in total. The Morgan fingerprint density at radius 2 is 0.676 bits per heavy atom. The molecule has 0 atom stereocenters. The molecule has 0 unspecified atom stereocenters. The SMILES string of the molecule is CCCCCCCCCCOC(=O)CCCCCCCCC(=O)OCCCCCCCCCC.[CH3][Sn][CH3]. The van der Waals surface area contributed by atoms with E-state index >= 15 is 0 Å². The Morgan fingerprint density at radius 1 is 0.432 bits per heavy atom. The van der Waals surface area contributed by atoms with E-state index in [2.05, 4.69) is 23.7 Å². The molecule has 37 heavy (non-hydrogen) atoms. The van der Waals surface area contributed by atoms with E-state index in [0.717, 1.165) is 51.4 Å². The fraction of sp³-hybridized carbons (Fsp3) is 0.938. The van der Waals surface area contributed by atoms with Crippen LogP contribution in [-0.2, 0) is 19.1 Å². The fourth-order valence-electron chi connectivity index (χ4n) is 4.23. The molecule has 0 N–H and O–H groups in total. The van der Waals surface area contributed by atoms with Crippen molar-refractivity contribution in [3.05, 3.63) is 0 Å². The summed E-state index contributed by atoms with van der Waals surface area (Å²) in [7, 11) is 0. The van der Waals surface area contributed by atoms with Gasteiger partial charge in [-0.25, -0.2) is 0 Å². The monoisotopic (exact) mass is 632 g/mol. The van der Waals surface area contributed by atoms with Gasteiger partial charge in [-0.1, -0.05) is 129 Å². The molecule has 0 aromatic carbocycles. The van der Waals surface area contributed by atoms with E-state index in [9.17, 15) is 9.59 Å². The molecule has 0 aliphatic heterocycles. The van der Waals surface area contributed by atoms with Crippen LogP contribution in [0, 0.1) is 0 Å². The maximum absolute atomic E-state index is 11.8. The standard InChI is InChI=1S/C30H58O4.2CH3.Sn/c1-3-5-7-9-11-15-19-23-27-33-29(31)25-21-17-13-14-18-22-26-30(32)34-28-24-20-16-12-10-8-6-4-2;;;/h3-28H2,1-2H3;2*1H3;. The Balaban J connectivity index is 0. The molecule has 0 rings (SSSR count). The topological polar surface area (TPSA) is 52.6 Å². The number of rotatable bonds is 27. The van der Waals surface area contributed by atoms with Crippen molar-refractivity contribution >= 4 is 33.1 Å². The minimum atomic E-state index is -0.0396. The number of esters is 2. The number of ether oxygens (including phenoxy) is 2. The van der Waals surface area contributed by atoms with Crippen molar-refractivity contribution < 1.29 is 19.1 Å². The van der Waals surface area contributed by atoms with Crippen LogP contribution in [0.5, 0.6) is 0 Å². The van der Waals surface area contributed by atoms with Crippen molar-refractivity contribution in [3.8, 4) is 0 Å². The number of unbranched alkanes of at least 4 members (excludes halogenated alkanes) is 19. The van der Waals surface area contributed by atoms with Crippen molar-refractivity contribution in [2.24, 2.45) is 0 Å². The van der Waals surface area contributed by atoms with Crippen molar-refractivity contribution in [2.45, 2.75) is 178 Å². The molecule has 0 saturated carbocycles. The van der Waals surface area contributed by atoms with Gasteiger partial charge in [0.25, 0.3) is 0 Å². The van der Waals surface area contributed by atoms with Crippen LogP contribution in [0.3, 0.4) is 0 Å². The molecule has 0 saturated heterocycles. The van der Waals surface area contributed by atoms with Gasteiger partial charge in [0.1, 0.15) is 0 Å². The average Bonchev–Trinajstić information content (AvgIpc) is 2.88. The summed E-state index contributed by atoms with van der Waals surface area (Å²) in [6.07, 6.45) is 27.5. The maximum atomic E-state index is 11.8. The van der Waals surface area contributed by atoms with E-state index in [1.54, 1.807) is 0 Å². The van der Waals surface area contributed by atoms with Crippen LogP contribution in [-0.4, -0.2) is 46.3 Å². The molecular weight excluding hydrogens is 567 g/mol. The quantitative estimate of drug-likeness (QED) is 0.0514. The van der Waals surface area contributed by atoms with Gasteiger partial charge in [-0.2, -0.15) is 0 Å². The van der Waals surface area contributed by atoms with Crippen LogP contribution in [0.2, 0.25) is 9.88 Å². The molecular formula is C32H64O4Sn. The summed E-state index contributed by atoms with van der Waals surface area (Å²) in [5.41, 5.74) is 0. The van der Waals surface area contributed by atoms with Gasteiger partial charge in [-0.3, -0.25) is 9.59 Å². The Labute approximate surface area is 242 Å². The summed E-state index contributed by atoms with van der Waals surface area (Å²) in [5.74, 6) is -0.0793. The zero-order valence-corrected chi connectivity index (χ0v) is 28.4. The third-order valence-corrected chi connectivity index (χ3v) is 6.53. The molecule has 220 valence electrons. The van der Waals surface area contributed by atoms with Gasteiger partial charge in [0, 0.05) is 12.8 Å². The first-order chi connectivity index (χ1) is 18.1. The summed E-state index contributed by atoms with van der Waals surface area (Å²) in [6, 6.07) is 0. The van der Waals surface area contributed by atoms with E-state index in [1.165, 1.54) is 89.9 Å². The van der Waals surface area contributed by atoms with E-state index in [1.807, 2.05) is 0 Å². The van der Waals surface area contributed by atoms with Crippen molar-refractivity contribution in [1.29, 1.82) is 0 Å². The summed E-state index contributed by atoms with van der Waals surface area (Å²) in [6.45, 7) is 5.66. The summed E-state index contributed by atoms with van der Waals surface area (Å²) in [5, 5.41) is 0.